The Kier molecular flexibility index (Phi) is 6.47. The summed E-state index contributed by atoms with van der Waals surface area (Å²) in [7, 11) is -3.79. The lowest BCUT2D eigenvalue weighted by Crippen LogP contribution is -2.40. The Hall–Kier alpha value is -0.210. The summed E-state index contributed by atoms with van der Waals surface area (Å²) in [5.41, 5.74) is 0.360. The van der Waals surface area contributed by atoms with Gasteiger partial charge in [-0.05, 0) is 49.4 Å². The van der Waals surface area contributed by atoms with Crippen molar-refractivity contribution in [3.05, 3.63) is 57.5 Å². The van der Waals surface area contributed by atoms with Gasteiger partial charge in [-0.3, -0.25) is 4.31 Å². The first-order valence-corrected chi connectivity index (χ1v) is 10.7. The van der Waals surface area contributed by atoms with Gasteiger partial charge in [0.05, 0.1) is 21.6 Å². The Morgan fingerprint density at radius 2 is 1.61 bits per heavy atom. The van der Waals surface area contributed by atoms with Crippen LogP contribution in [0.3, 0.4) is 0 Å². The van der Waals surface area contributed by atoms with Crippen molar-refractivity contribution >= 4 is 73.1 Å². The van der Waals surface area contributed by atoms with Gasteiger partial charge in [-0.1, -0.05) is 57.4 Å². The van der Waals surface area contributed by atoms with Crippen molar-refractivity contribution in [2.24, 2.45) is 0 Å². The quantitative estimate of drug-likeness (QED) is 0.389. The molecule has 0 spiro atoms. The number of hydrogen-bond donors (Lipinski definition) is 0. The van der Waals surface area contributed by atoms with Crippen molar-refractivity contribution in [1.29, 1.82) is 0 Å². The first-order valence-electron chi connectivity index (χ1n) is 6.58. The number of alkyl halides is 1. The van der Waals surface area contributed by atoms with Crippen LogP contribution in [0.5, 0.6) is 0 Å². The van der Waals surface area contributed by atoms with Crippen molar-refractivity contribution in [3.63, 3.8) is 0 Å². The third-order valence-corrected chi connectivity index (χ3v) is 7.16. The van der Waals surface area contributed by atoms with E-state index in [1.165, 1.54) is 16.4 Å². The second-order valence-corrected chi connectivity index (χ2v) is 8.83. The molecular formula is C15H13Cl3INO2S. The molecule has 0 N–H and O–H groups in total. The fourth-order valence-electron chi connectivity index (χ4n) is 2.04. The van der Waals surface area contributed by atoms with E-state index in [-0.39, 0.29) is 10.9 Å². The highest BCUT2D eigenvalue weighted by Crippen LogP contribution is 2.35. The molecule has 1 atom stereocenters. The Morgan fingerprint density at radius 1 is 1.04 bits per heavy atom. The summed E-state index contributed by atoms with van der Waals surface area (Å²) in [5, 5.41) is 1.21. The first kappa shape index (κ1) is 19.1. The maximum Gasteiger partial charge on any atom is 0.264 e. The average Bonchev–Trinajstić information content (AvgIpc) is 2.51. The van der Waals surface area contributed by atoms with E-state index in [0.717, 1.165) is 0 Å². The van der Waals surface area contributed by atoms with Crippen LogP contribution in [0.2, 0.25) is 15.1 Å². The average molecular weight is 505 g/mol. The molecule has 2 rings (SSSR count). The maximum absolute atomic E-state index is 13.1. The molecule has 2 aromatic rings. The van der Waals surface area contributed by atoms with Gasteiger partial charge in [-0.25, -0.2) is 8.42 Å². The second-order valence-electron chi connectivity index (χ2n) is 4.85. The highest BCUT2D eigenvalue weighted by atomic mass is 127. The number of halogens is 4. The molecule has 0 aliphatic rings. The second kappa shape index (κ2) is 7.78. The van der Waals surface area contributed by atoms with Gasteiger partial charge in [0.15, 0.2) is 0 Å². The summed E-state index contributed by atoms with van der Waals surface area (Å²) in [4.78, 5) is 0.148. The topological polar surface area (TPSA) is 37.4 Å². The van der Waals surface area contributed by atoms with E-state index in [4.69, 9.17) is 34.8 Å². The summed E-state index contributed by atoms with van der Waals surface area (Å²) in [6, 6.07) is 10.5. The number of nitrogens with zero attached hydrogens (tertiary/aromatic N) is 1. The lowest BCUT2D eigenvalue weighted by Gasteiger charge is -2.30. The largest absolute Gasteiger partial charge is 0.264 e. The molecule has 0 saturated heterocycles. The maximum atomic E-state index is 13.1. The molecule has 0 radical (unpaired) electrons. The van der Waals surface area contributed by atoms with Crippen LogP contribution in [-0.4, -0.2) is 18.9 Å². The van der Waals surface area contributed by atoms with Crippen LogP contribution in [0, 0.1) is 0 Å². The fraction of sp³-hybridized carbons (Fsp3) is 0.200. The molecule has 3 nitrogen and oxygen atoms in total. The van der Waals surface area contributed by atoms with Crippen LogP contribution in [0.15, 0.2) is 47.4 Å². The van der Waals surface area contributed by atoms with Gasteiger partial charge in [-0.15, -0.1) is 0 Å². The summed E-state index contributed by atoms with van der Waals surface area (Å²) >= 11 is 20.2. The van der Waals surface area contributed by atoms with E-state index in [1.54, 1.807) is 30.3 Å². The van der Waals surface area contributed by atoms with E-state index >= 15 is 0 Å². The summed E-state index contributed by atoms with van der Waals surface area (Å²) in [5.74, 6) is 0. The van der Waals surface area contributed by atoms with Crippen LogP contribution in [0.1, 0.15) is 6.92 Å². The molecule has 0 amide bonds. The molecule has 0 aliphatic carbocycles. The van der Waals surface area contributed by atoms with Crippen LogP contribution in [0.4, 0.5) is 5.69 Å². The van der Waals surface area contributed by atoms with Gasteiger partial charge in [0.25, 0.3) is 10.0 Å². The van der Waals surface area contributed by atoms with Gasteiger partial charge in [0.2, 0.25) is 0 Å². The molecule has 0 saturated carbocycles. The summed E-state index contributed by atoms with van der Waals surface area (Å²) in [6.07, 6.45) is 0. The Labute approximate surface area is 164 Å². The van der Waals surface area contributed by atoms with Crippen molar-refractivity contribution in [2.45, 2.75) is 17.9 Å². The molecular weight excluding hydrogens is 492 g/mol. The number of anilines is 1. The van der Waals surface area contributed by atoms with Crippen molar-refractivity contribution in [3.8, 4) is 0 Å². The molecule has 0 fully saturated rings. The minimum atomic E-state index is -3.79. The molecule has 0 aromatic heterocycles. The lowest BCUT2D eigenvalue weighted by molar-refractivity contribution is 0.585. The number of rotatable bonds is 5. The number of hydrogen-bond acceptors (Lipinski definition) is 2. The fourth-order valence-corrected chi connectivity index (χ4v) is 4.92. The highest BCUT2D eigenvalue weighted by molar-refractivity contribution is 14.1. The van der Waals surface area contributed by atoms with E-state index in [0.29, 0.717) is 25.2 Å². The molecule has 0 bridgehead atoms. The van der Waals surface area contributed by atoms with E-state index < -0.39 is 10.0 Å². The Morgan fingerprint density at radius 3 is 2.17 bits per heavy atom. The van der Waals surface area contributed by atoms with E-state index in [9.17, 15) is 8.42 Å². The predicted molar refractivity (Wildman–Crippen MR) is 106 cm³/mol. The number of sulfonamides is 1. The van der Waals surface area contributed by atoms with Crippen molar-refractivity contribution < 1.29 is 8.42 Å². The van der Waals surface area contributed by atoms with Gasteiger partial charge < -0.3 is 0 Å². The van der Waals surface area contributed by atoms with Crippen LogP contribution < -0.4 is 4.31 Å². The van der Waals surface area contributed by atoms with E-state index in [1.807, 2.05) is 6.92 Å². The van der Waals surface area contributed by atoms with Gasteiger partial charge in [-0.2, -0.15) is 0 Å². The highest BCUT2D eigenvalue weighted by Gasteiger charge is 2.30. The Balaban J connectivity index is 2.63. The smallest absolute Gasteiger partial charge is 0.261 e. The summed E-state index contributed by atoms with van der Waals surface area (Å²) < 4.78 is 28.1. The van der Waals surface area contributed by atoms with Crippen molar-refractivity contribution in [2.75, 3.05) is 8.73 Å². The predicted octanol–water partition coefficient (Wildman–Crippen LogP) is 5.67. The molecule has 0 aliphatic heterocycles. The SMILES string of the molecule is CC(CI)N(c1cc(Cl)ccc1Cl)S(=O)(=O)c1ccc(Cl)cc1. The third-order valence-electron chi connectivity index (χ3n) is 3.14. The molecule has 124 valence electrons. The zero-order chi connectivity index (χ0) is 17.2. The lowest BCUT2D eigenvalue weighted by atomic mass is 10.3. The van der Waals surface area contributed by atoms with Gasteiger partial charge >= 0.3 is 0 Å². The van der Waals surface area contributed by atoms with Crippen LogP contribution in [0.25, 0.3) is 0 Å². The Bertz CT molecular complexity index is 797. The zero-order valence-corrected chi connectivity index (χ0v) is 17.3. The monoisotopic (exact) mass is 503 g/mol. The first-order chi connectivity index (χ1) is 10.8. The van der Waals surface area contributed by atoms with Crippen LogP contribution >= 0.6 is 57.4 Å². The zero-order valence-electron chi connectivity index (χ0n) is 12.0. The minimum Gasteiger partial charge on any atom is -0.261 e. The third kappa shape index (κ3) is 4.25. The summed E-state index contributed by atoms with van der Waals surface area (Å²) in [6.45, 7) is 1.82. The molecule has 23 heavy (non-hydrogen) atoms. The van der Waals surface area contributed by atoms with Gasteiger partial charge in [0, 0.05) is 14.5 Å². The van der Waals surface area contributed by atoms with Gasteiger partial charge in [0.1, 0.15) is 0 Å². The molecule has 0 heterocycles. The van der Waals surface area contributed by atoms with E-state index in [2.05, 4.69) is 22.6 Å². The molecule has 8 heteroatoms. The normalized spacial score (nSPS) is 12.9. The molecule has 1 unspecified atom stereocenters. The molecule has 2 aromatic carbocycles. The standard InChI is InChI=1S/C15H13Cl3INO2S/c1-10(9-19)20(15-8-12(17)4-7-14(15)18)23(21,22)13-5-2-11(16)3-6-13/h2-8,10H,9H2,1H3. The van der Waals surface area contributed by atoms with Crippen molar-refractivity contribution in [1.82, 2.24) is 0 Å². The number of benzene rings is 2. The van der Waals surface area contributed by atoms with Crippen LogP contribution in [-0.2, 0) is 10.0 Å². The minimum absolute atomic E-state index is 0.148.